The molecule has 9 heteroatoms. The highest BCUT2D eigenvalue weighted by Gasteiger charge is 2.39. The molecule has 4 rings (SSSR count). The Kier molecular flexibility index (Phi) is 5.22. The van der Waals surface area contributed by atoms with E-state index in [4.69, 9.17) is 0 Å². The fourth-order valence-electron chi connectivity index (χ4n) is 3.05. The van der Waals surface area contributed by atoms with Crippen LogP contribution in [0.4, 0.5) is 5.69 Å². The van der Waals surface area contributed by atoms with Crippen LogP contribution in [-0.2, 0) is 14.8 Å². The molecule has 2 aliphatic heterocycles. The molecule has 150 valence electrons. The third-order valence-electron chi connectivity index (χ3n) is 4.63. The number of hydrogen-bond acceptors (Lipinski definition) is 6. The predicted octanol–water partition coefficient (Wildman–Crippen LogP) is 4.05. The summed E-state index contributed by atoms with van der Waals surface area (Å²) in [5.74, 6) is -0.225. The number of carbonyl (C=O) groups excluding carboxylic acids is 1. The summed E-state index contributed by atoms with van der Waals surface area (Å²) in [5, 5.41) is 0.975. The molecule has 0 bridgehead atoms. The van der Waals surface area contributed by atoms with Gasteiger partial charge in [-0.1, -0.05) is 41.6 Å². The van der Waals surface area contributed by atoms with Crippen molar-refractivity contribution in [2.24, 2.45) is 4.40 Å². The van der Waals surface area contributed by atoms with Gasteiger partial charge in [-0.3, -0.25) is 9.69 Å². The Balaban J connectivity index is 1.73. The van der Waals surface area contributed by atoms with Crippen LogP contribution < -0.4 is 4.90 Å². The standard InChI is InChI=1S/C20H19N3O3S3/c1-4-23-18(24)17(19-22(3)15-7-5-6-8-16(15)27-19)28-20(23)21-29(25,26)14-11-9-13(2)10-12-14/h5-12H,4H2,1-3H3. The summed E-state index contributed by atoms with van der Waals surface area (Å²) in [6.07, 6.45) is 0. The van der Waals surface area contributed by atoms with Gasteiger partial charge in [0.25, 0.3) is 15.9 Å². The van der Waals surface area contributed by atoms with Crippen molar-refractivity contribution in [1.29, 1.82) is 0 Å². The topological polar surface area (TPSA) is 70.1 Å². The van der Waals surface area contributed by atoms with Gasteiger partial charge in [-0.2, -0.15) is 8.42 Å². The molecule has 0 N–H and O–H groups in total. The zero-order chi connectivity index (χ0) is 20.8. The van der Waals surface area contributed by atoms with Gasteiger partial charge in [-0.25, -0.2) is 0 Å². The quantitative estimate of drug-likeness (QED) is 0.664. The van der Waals surface area contributed by atoms with E-state index in [9.17, 15) is 13.2 Å². The predicted molar refractivity (Wildman–Crippen MR) is 119 cm³/mol. The molecule has 0 atom stereocenters. The maximum atomic E-state index is 13.0. The molecule has 29 heavy (non-hydrogen) atoms. The molecule has 0 aliphatic carbocycles. The average Bonchev–Trinajstić information content (AvgIpc) is 3.18. The van der Waals surface area contributed by atoms with Crippen LogP contribution in [0.1, 0.15) is 12.5 Å². The van der Waals surface area contributed by atoms with Crippen molar-refractivity contribution >= 4 is 50.3 Å². The van der Waals surface area contributed by atoms with Gasteiger partial charge < -0.3 is 4.90 Å². The second-order valence-corrected chi connectivity index (χ2v) is 10.2. The molecule has 0 unspecified atom stereocenters. The number of rotatable bonds is 3. The minimum atomic E-state index is -3.91. The highest BCUT2D eigenvalue weighted by atomic mass is 32.2. The van der Waals surface area contributed by atoms with Gasteiger partial charge >= 0.3 is 0 Å². The second-order valence-electron chi connectivity index (χ2n) is 6.58. The highest BCUT2D eigenvalue weighted by molar-refractivity contribution is 8.19. The van der Waals surface area contributed by atoms with E-state index in [1.807, 2.05) is 43.1 Å². The van der Waals surface area contributed by atoms with E-state index >= 15 is 0 Å². The van der Waals surface area contributed by atoms with Crippen molar-refractivity contribution in [1.82, 2.24) is 4.90 Å². The van der Waals surface area contributed by atoms with E-state index in [2.05, 4.69) is 4.40 Å². The number of para-hydroxylation sites is 1. The molecular formula is C20H19N3O3S3. The van der Waals surface area contributed by atoms with E-state index in [1.54, 1.807) is 19.1 Å². The van der Waals surface area contributed by atoms with Crippen LogP contribution in [0.2, 0.25) is 0 Å². The number of amides is 1. The Hall–Kier alpha value is -2.23. The number of hydrogen-bond donors (Lipinski definition) is 0. The van der Waals surface area contributed by atoms with Gasteiger partial charge in [-0.05, 0) is 49.9 Å². The number of thioether (sulfide) groups is 2. The Morgan fingerprint density at radius 2 is 1.72 bits per heavy atom. The molecule has 2 aliphatic rings. The highest BCUT2D eigenvalue weighted by Crippen LogP contribution is 2.49. The maximum Gasteiger partial charge on any atom is 0.284 e. The summed E-state index contributed by atoms with van der Waals surface area (Å²) in [7, 11) is -2.00. The number of aryl methyl sites for hydroxylation is 1. The lowest BCUT2D eigenvalue weighted by atomic mass is 10.2. The van der Waals surface area contributed by atoms with Crippen LogP contribution in [0.15, 0.2) is 72.7 Å². The molecular weight excluding hydrogens is 426 g/mol. The van der Waals surface area contributed by atoms with E-state index < -0.39 is 10.0 Å². The first kappa shape index (κ1) is 20.1. The van der Waals surface area contributed by atoms with Gasteiger partial charge in [0, 0.05) is 18.5 Å². The molecule has 0 radical (unpaired) electrons. The van der Waals surface area contributed by atoms with Crippen molar-refractivity contribution in [3.8, 4) is 0 Å². The molecule has 1 saturated heterocycles. The lowest BCUT2D eigenvalue weighted by molar-refractivity contribution is -0.122. The summed E-state index contributed by atoms with van der Waals surface area (Å²) >= 11 is 2.62. The second kappa shape index (κ2) is 7.55. The molecule has 1 amide bonds. The lowest BCUT2D eigenvalue weighted by Crippen LogP contribution is -2.30. The number of carbonyl (C=O) groups is 1. The fourth-order valence-corrected chi connectivity index (χ4v) is 6.64. The average molecular weight is 446 g/mol. The number of nitrogens with zero attached hydrogens (tertiary/aromatic N) is 3. The summed E-state index contributed by atoms with van der Waals surface area (Å²) in [6.45, 7) is 4.03. The zero-order valence-electron chi connectivity index (χ0n) is 16.1. The van der Waals surface area contributed by atoms with Crippen molar-refractivity contribution < 1.29 is 13.2 Å². The SMILES string of the molecule is CCN1C(=O)C(=C2Sc3ccccc3N2C)SC1=NS(=O)(=O)c1ccc(C)cc1. The van der Waals surface area contributed by atoms with Crippen LogP contribution in [0.25, 0.3) is 0 Å². The number of anilines is 1. The van der Waals surface area contributed by atoms with Crippen molar-refractivity contribution in [2.75, 3.05) is 18.5 Å². The van der Waals surface area contributed by atoms with E-state index in [1.165, 1.54) is 28.8 Å². The fraction of sp³-hybridized carbons (Fsp3) is 0.200. The third-order valence-corrected chi connectivity index (χ3v) is 8.46. The third kappa shape index (κ3) is 3.58. The first-order valence-corrected chi connectivity index (χ1v) is 12.1. The summed E-state index contributed by atoms with van der Waals surface area (Å²) in [5.41, 5.74) is 1.99. The smallest absolute Gasteiger partial charge is 0.284 e. The van der Waals surface area contributed by atoms with E-state index in [0.717, 1.165) is 32.9 Å². The summed E-state index contributed by atoms with van der Waals surface area (Å²) in [6, 6.07) is 14.4. The largest absolute Gasteiger partial charge is 0.337 e. The lowest BCUT2D eigenvalue weighted by Gasteiger charge is -2.15. The van der Waals surface area contributed by atoms with Crippen molar-refractivity contribution in [2.45, 2.75) is 23.6 Å². The van der Waals surface area contributed by atoms with Gasteiger partial charge in [0.2, 0.25) is 0 Å². The zero-order valence-corrected chi connectivity index (χ0v) is 18.6. The number of likely N-dealkylation sites (N-methyl/N-ethyl adjacent to an activating group) is 1. The number of benzene rings is 2. The van der Waals surface area contributed by atoms with Gasteiger partial charge in [0.05, 0.1) is 15.6 Å². The first-order chi connectivity index (χ1) is 13.8. The Morgan fingerprint density at radius 3 is 2.38 bits per heavy atom. The Morgan fingerprint density at radius 1 is 1.03 bits per heavy atom. The molecule has 0 saturated carbocycles. The minimum absolute atomic E-state index is 0.112. The van der Waals surface area contributed by atoms with Crippen LogP contribution in [0.3, 0.4) is 0 Å². The molecule has 2 heterocycles. The van der Waals surface area contributed by atoms with Crippen LogP contribution in [0.5, 0.6) is 0 Å². The molecule has 6 nitrogen and oxygen atoms in total. The molecule has 0 spiro atoms. The van der Waals surface area contributed by atoms with Crippen LogP contribution in [-0.4, -0.2) is 38.0 Å². The number of sulfonamides is 1. The molecule has 0 aromatic heterocycles. The van der Waals surface area contributed by atoms with Gasteiger partial charge in [0.15, 0.2) is 5.17 Å². The first-order valence-electron chi connectivity index (χ1n) is 8.98. The summed E-state index contributed by atoms with van der Waals surface area (Å²) in [4.78, 5) is 18.1. The monoisotopic (exact) mass is 445 g/mol. The van der Waals surface area contributed by atoms with E-state index in [-0.39, 0.29) is 16.0 Å². The molecule has 2 aromatic rings. The molecule has 1 fully saturated rings. The van der Waals surface area contributed by atoms with E-state index in [0.29, 0.717) is 11.4 Å². The maximum absolute atomic E-state index is 13.0. The number of fused-ring (bicyclic) bond motifs is 1. The Labute approximate surface area is 178 Å². The van der Waals surface area contributed by atoms with Gasteiger partial charge in [0.1, 0.15) is 4.91 Å². The van der Waals surface area contributed by atoms with Gasteiger partial charge in [-0.15, -0.1) is 4.40 Å². The number of amidine groups is 1. The van der Waals surface area contributed by atoms with Crippen molar-refractivity contribution in [3.63, 3.8) is 0 Å². The normalized spacial score (nSPS) is 20.7. The Bertz CT molecular complexity index is 1150. The summed E-state index contributed by atoms with van der Waals surface area (Å²) < 4.78 is 29.5. The van der Waals surface area contributed by atoms with Crippen LogP contribution >= 0.6 is 23.5 Å². The van der Waals surface area contributed by atoms with Crippen molar-refractivity contribution in [3.05, 3.63) is 64.0 Å². The van der Waals surface area contributed by atoms with Crippen LogP contribution in [0, 0.1) is 6.92 Å². The minimum Gasteiger partial charge on any atom is -0.337 e. The molecule has 2 aromatic carbocycles.